The maximum Gasteiger partial charge on any atom is 0.261 e. The van der Waals surface area contributed by atoms with Crippen LogP contribution in [0, 0.1) is 6.92 Å². The summed E-state index contributed by atoms with van der Waals surface area (Å²) in [7, 11) is 0. The minimum Gasteiger partial charge on any atom is -0.482 e. The Morgan fingerprint density at radius 2 is 1.97 bits per heavy atom. The molecule has 0 saturated carbocycles. The number of hydrogen-bond donors (Lipinski definition) is 1. The molecule has 0 unspecified atom stereocenters. The molecule has 0 aliphatic carbocycles. The molecule has 0 heterocycles. The molecule has 2 amide bonds. The van der Waals surface area contributed by atoms with Crippen LogP contribution in [-0.4, -0.2) is 35.9 Å². The molecule has 2 rings (SSSR count). The zero-order valence-corrected chi connectivity index (χ0v) is 19.9. The molecule has 7 heteroatoms. The van der Waals surface area contributed by atoms with Crippen molar-refractivity contribution in [2.45, 2.75) is 46.2 Å². The zero-order valence-electron chi connectivity index (χ0n) is 17.6. The molecule has 5 nitrogen and oxygen atoms in total. The van der Waals surface area contributed by atoms with Gasteiger partial charge >= 0.3 is 0 Å². The minimum atomic E-state index is -0.575. The van der Waals surface area contributed by atoms with Crippen LogP contribution >= 0.6 is 27.5 Å². The Kier molecular flexibility index (Phi) is 9.66. The molecule has 2 aromatic rings. The van der Waals surface area contributed by atoms with Gasteiger partial charge in [0.25, 0.3) is 5.91 Å². The van der Waals surface area contributed by atoms with Crippen molar-refractivity contribution in [1.82, 2.24) is 10.2 Å². The Hall–Kier alpha value is -2.05. The van der Waals surface area contributed by atoms with Crippen LogP contribution in [0.2, 0.25) is 5.02 Å². The second-order valence-electron chi connectivity index (χ2n) is 7.09. The predicted octanol–water partition coefficient (Wildman–Crippen LogP) is 5.12. The molecule has 0 bridgehead atoms. The molecule has 0 aromatic heterocycles. The van der Waals surface area contributed by atoms with E-state index in [0.717, 1.165) is 22.0 Å². The smallest absolute Gasteiger partial charge is 0.261 e. The van der Waals surface area contributed by atoms with E-state index in [1.165, 1.54) is 0 Å². The molecule has 30 heavy (non-hydrogen) atoms. The summed E-state index contributed by atoms with van der Waals surface area (Å²) >= 11 is 9.54. The van der Waals surface area contributed by atoms with Crippen LogP contribution in [0.4, 0.5) is 0 Å². The number of carbonyl (C=O) groups is 2. The predicted molar refractivity (Wildman–Crippen MR) is 124 cm³/mol. The van der Waals surface area contributed by atoms with E-state index in [1.54, 1.807) is 23.1 Å². The number of nitrogens with one attached hydrogen (secondary N) is 1. The lowest BCUT2D eigenvalue weighted by molar-refractivity contribution is -0.143. The monoisotopic (exact) mass is 494 g/mol. The lowest BCUT2D eigenvalue weighted by Crippen LogP contribution is -2.50. The first-order valence-electron chi connectivity index (χ1n) is 10.1. The highest BCUT2D eigenvalue weighted by molar-refractivity contribution is 9.10. The van der Waals surface area contributed by atoms with Crippen molar-refractivity contribution < 1.29 is 14.3 Å². The molecule has 2 aromatic carbocycles. The molecule has 0 fully saturated rings. The van der Waals surface area contributed by atoms with Crippen molar-refractivity contribution in [2.24, 2.45) is 0 Å². The first-order valence-corrected chi connectivity index (χ1v) is 11.2. The van der Waals surface area contributed by atoms with E-state index < -0.39 is 6.04 Å². The molecule has 0 aliphatic heterocycles. The van der Waals surface area contributed by atoms with E-state index in [0.29, 0.717) is 30.3 Å². The number of hydrogen-bond acceptors (Lipinski definition) is 3. The highest BCUT2D eigenvalue weighted by Gasteiger charge is 2.28. The second kappa shape index (κ2) is 12.0. The Morgan fingerprint density at radius 1 is 1.20 bits per heavy atom. The molecule has 1 N–H and O–H groups in total. The second-order valence-corrected chi connectivity index (χ2v) is 8.41. The van der Waals surface area contributed by atoms with Crippen LogP contribution < -0.4 is 10.1 Å². The summed E-state index contributed by atoms with van der Waals surface area (Å²) < 4.78 is 6.50. The molecular weight excluding hydrogens is 468 g/mol. The average Bonchev–Trinajstić information content (AvgIpc) is 2.71. The summed E-state index contributed by atoms with van der Waals surface area (Å²) in [5, 5.41) is 3.32. The summed E-state index contributed by atoms with van der Waals surface area (Å²) in [6.45, 7) is 6.60. The number of nitrogens with zero attached hydrogens (tertiary/aromatic N) is 1. The van der Waals surface area contributed by atoms with Crippen LogP contribution in [0.3, 0.4) is 0 Å². The number of aryl methyl sites for hydroxylation is 1. The van der Waals surface area contributed by atoms with Crippen LogP contribution in [0.5, 0.6) is 5.75 Å². The maximum absolute atomic E-state index is 13.1. The average molecular weight is 496 g/mol. The molecule has 162 valence electrons. The fourth-order valence-corrected chi connectivity index (χ4v) is 3.84. The molecule has 0 aliphatic rings. The number of benzene rings is 2. The van der Waals surface area contributed by atoms with Gasteiger partial charge in [0, 0.05) is 17.6 Å². The molecule has 1 atom stereocenters. The normalized spacial score (nSPS) is 11.6. The van der Waals surface area contributed by atoms with Crippen molar-refractivity contribution >= 4 is 39.3 Å². The van der Waals surface area contributed by atoms with E-state index in [4.69, 9.17) is 16.3 Å². The number of ether oxygens (including phenoxy) is 1. The lowest BCUT2D eigenvalue weighted by atomic mass is 10.1. The van der Waals surface area contributed by atoms with Crippen LogP contribution in [0.1, 0.15) is 37.8 Å². The zero-order chi connectivity index (χ0) is 22.1. The fourth-order valence-electron chi connectivity index (χ4n) is 3.11. The summed E-state index contributed by atoms with van der Waals surface area (Å²) in [4.78, 5) is 27.5. The Morgan fingerprint density at radius 3 is 2.60 bits per heavy atom. The molecule has 0 saturated heterocycles. The Balaban J connectivity index is 2.21. The SMILES string of the molecule is CCCNC(=O)[C@H](CC)N(Cc1cccc(C)c1)C(=O)COc1ccc(Br)cc1Cl. The van der Waals surface area contributed by atoms with Crippen molar-refractivity contribution in [3.8, 4) is 5.75 Å². The fraction of sp³-hybridized carbons (Fsp3) is 0.391. The largest absolute Gasteiger partial charge is 0.482 e. The van der Waals surface area contributed by atoms with Crippen LogP contribution in [0.15, 0.2) is 46.9 Å². The van der Waals surface area contributed by atoms with E-state index in [1.807, 2.05) is 45.0 Å². The van der Waals surface area contributed by atoms with Gasteiger partial charge in [-0.25, -0.2) is 0 Å². The lowest BCUT2D eigenvalue weighted by Gasteiger charge is -2.30. The first kappa shape index (κ1) is 24.2. The van der Waals surface area contributed by atoms with Gasteiger partial charge in [-0.1, -0.05) is 71.2 Å². The van der Waals surface area contributed by atoms with Gasteiger partial charge in [0.15, 0.2) is 6.61 Å². The number of rotatable bonds is 10. The van der Waals surface area contributed by atoms with Gasteiger partial charge in [-0.3, -0.25) is 9.59 Å². The van der Waals surface area contributed by atoms with Crippen molar-refractivity contribution in [2.75, 3.05) is 13.2 Å². The Labute approximate surface area is 191 Å². The van der Waals surface area contributed by atoms with E-state index in [2.05, 4.69) is 21.2 Å². The highest BCUT2D eigenvalue weighted by atomic mass is 79.9. The third-order valence-corrected chi connectivity index (χ3v) is 5.40. The van der Waals surface area contributed by atoms with E-state index >= 15 is 0 Å². The summed E-state index contributed by atoms with van der Waals surface area (Å²) in [6.07, 6.45) is 1.34. The van der Waals surface area contributed by atoms with Crippen LogP contribution in [0.25, 0.3) is 0 Å². The van der Waals surface area contributed by atoms with Gasteiger partial charge < -0.3 is 15.0 Å². The van der Waals surface area contributed by atoms with Crippen molar-refractivity contribution in [3.05, 3.63) is 63.1 Å². The number of carbonyl (C=O) groups excluding carboxylic acids is 2. The van der Waals surface area contributed by atoms with Gasteiger partial charge in [0.2, 0.25) is 5.91 Å². The summed E-state index contributed by atoms with van der Waals surface area (Å²) in [5.41, 5.74) is 2.06. The van der Waals surface area contributed by atoms with Gasteiger partial charge in [-0.15, -0.1) is 0 Å². The first-order chi connectivity index (χ1) is 14.3. The Bertz CT molecular complexity index is 875. The summed E-state index contributed by atoms with van der Waals surface area (Å²) in [6, 6.07) is 12.6. The minimum absolute atomic E-state index is 0.151. The topological polar surface area (TPSA) is 58.6 Å². The van der Waals surface area contributed by atoms with Gasteiger partial charge in [-0.2, -0.15) is 0 Å². The van der Waals surface area contributed by atoms with Gasteiger partial charge in [0.1, 0.15) is 11.8 Å². The van der Waals surface area contributed by atoms with E-state index in [-0.39, 0.29) is 18.4 Å². The van der Waals surface area contributed by atoms with Crippen LogP contribution in [-0.2, 0) is 16.1 Å². The van der Waals surface area contributed by atoms with Gasteiger partial charge in [-0.05, 0) is 43.5 Å². The van der Waals surface area contributed by atoms with Crippen molar-refractivity contribution in [1.29, 1.82) is 0 Å². The summed E-state index contributed by atoms with van der Waals surface area (Å²) in [5.74, 6) is 0.00298. The highest BCUT2D eigenvalue weighted by Crippen LogP contribution is 2.28. The molecular formula is C23H28BrClN2O3. The van der Waals surface area contributed by atoms with Gasteiger partial charge in [0.05, 0.1) is 5.02 Å². The quantitative estimate of drug-likeness (QED) is 0.497. The third-order valence-electron chi connectivity index (χ3n) is 4.62. The van der Waals surface area contributed by atoms with E-state index in [9.17, 15) is 9.59 Å². The number of amides is 2. The van der Waals surface area contributed by atoms with Crippen molar-refractivity contribution in [3.63, 3.8) is 0 Å². The maximum atomic E-state index is 13.1. The number of halogens is 2. The standard InChI is InChI=1S/C23H28BrClN2O3/c1-4-11-26-23(29)20(5-2)27(14-17-8-6-7-16(3)12-17)22(28)15-30-21-10-9-18(24)13-19(21)25/h6-10,12-13,20H,4-5,11,14-15H2,1-3H3,(H,26,29)/t20-/m0/s1. The molecule has 0 spiro atoms. The third kappa shape index (κ3) is 7.03. The molecule has 0 radical (unpaired) electrons.